The van der Waals surface area contributed by atoms with Crippen LogP contribution in [0.1, 0.15) is 27.7 Å². The maximum atomic E-state index is 13.0. The average molecular weight is 371 g/mol. The minimum Gasteiger partial charge on any atom is -0.459 e. The number of para-hydroxylation sites is 1. The van der Waals surface area contributed by atoms with Crippen LogP contribution in [0.3, 0.4) is 0 Å². The predicted molar refractivity (Wildman–Crippen MR) is 111 cm³/mol. The lowest BCUT2D eigenvalue weighted by atomic mass is 10.0. The summed E-state index contributed by atoms with van der Waals surface area (Å²) in [6.45, 7) is 0. The van der Waals surface area contributed by atoms with Crippen LogP contribution >= 0.6 is 0 Å². The Hall–Kier alpha value is -3.60. The molecular formula is C23H21N3O2. The van der Waals surface area contributed by atoms with Crippen LogP contribution in [0, 0.1) is 0 Å². The second-order valence-corrected chi connectivity index (χ2v) is 6.80. The van der Waals surface area contributed by atoms with Crippen LogP contribution in [0.4, 0.5) is 5.82 Å². The summed E-state index contributed by atoms with van der Waals surface area (Å²) in [4.78, 5) is 19.1. The van der Waals surface area contributed by atoms with Crippen LogP contribution in [0.15, 0.2) is 83.4 Å². The molecule has 0 aliphatic heterocycles. The van der Waals surface area contributed by atoms with Gasteiger partial charge in [-0.15, -0.1) is 0 Å². The van der Waals surface area contributed by atoms with Crippen molar-refractivity contribution in [1.82, 2.24) is 10.3 Å². The summed E-state index contributed by atoms with van der Waals surface area (Å²) in [5, 5.41) is 4.12. The Morgan fingerprint density at radius 3 is 2.50 bits per heavy atom. The predicted octanol–water partition coefficient (Wildman–Crippen LogP) is 4.41. The zero-order valence-corrected chi connectivity index (χ0v) is 15.8. The summed E-state index contributed by atoms with van der Waals surface area (Å²) in [6.07, 6.45) is 1.64. The van der Waals surface area contributed by atoms with E-state index >= 15 is 0 Å². The smallest absolute Gasteiger partial charge is 0.252 e. The first-order valence-corrected chi connectivity index (χ1v) is 9.09. The van der Waals surface area contributed by atoms with Crippen molar-refractivity contribution in [2.75, 3.05) is 19.0 Å². The molecule has 0 aliphatic rings. The Kier molecular flexibility index (Phi) is 4.81. The molecule has 1 N–H and O–H groups in total. The lowest BCUT2D eigenvalue weighted by molar-refractivity contribution is 0.0939. The molecule has 2 aromatic carbocycles. The van der Waals surface area contributed by atoms with Gasteiger partial charge < -0.3 is 14.6 Å². The third-order valence-corrected chi connectivity index (χ3v) is 4.60. The molecule has 4 rings (SSSR count). The molecule has 2 heterocycles. The first-order chi connectivity index (χ1) is 13.6. The van der Waals surface area contributed by atoms with E-state index in [1.165, 1.54) is 0 Å². The number of hydrogen-bond donors (Lipinski definition) is 1. The van der Waals surface area contributed by atoms with Gasteiger partial charge in [-0.3, -0.25) is 4.79 Å². The standard InChI is InChI=1S/C23H21N3O2/c1-26(2)21-15-18(12-13-24-21)23(27)25-22(16-8-4-3-5-9-16)20-14-17-10-6-7-11-19(17)28-20/h3-15,22H,1-2H3,(H,25,27). The number of carbonyl (C=O) groups excluding carboxylic acids is 1. The number of anilines is 1. The van der Waals surface area contributed by atoms with Gasteiger partial charge in [-0.1, -0.05) is 48.5 Å². The van der Waals surface area contributed by atoms with Crippen LogP contribution in [-0.2, 0) is 0 Å². The third kappa shape index (κ3) is 3.60. The van der Waals surface area contributed by atoms with Crippen molar-refractivity contribution in [3.63, 3.8) is 0 Å². The van der Waals surface area contributed by atoms with Gasteiger partial charge in [0.05, 0.1) is 0 Å². The summed E-state index contributed by atoms with van der Waals surface area (Å²) in [6, 6.07) is 22.7. The first-order valence-electron chi connectivity index (χ1n) is 9.09. The molecule has 0 fully saturated rings. The van der Waals surface area contributed by atoms with Gasteiger partial charge in [-0.2, -0.15) is 0 Å². The molecule has 140 valence electrons. The SMILES string of the molecule is CN(C)c1cc(C(=O)NC(c2ccccc2)c2cc3ccccc3o2)ccn1. The third-order valence-electron chi connectivity index (χ3n) is 4.60. The Labute approximate surface area is 163 Å². The summed E-state index contributed by atoms with van der Waals surface area (Å²) in [7, 11) is 3.79. The zero-order chi connectivity index (χ0) is 19.5. The number of aromatic nitrogens is 1. The Morgan fingerprint density at radius 2 is 1.75 bits per heavy atom. The number of furan rings is 1. The van der Waals surface area contributed by atoms with E-state index in [9.17, 15) is 4.79 Å². The Bertz CT molecular complexity index is 1070. The number of pyridine rings is 1. The lowest BCUT2D eigenvalue weighted by Gasteiger charge is -2.18. The van der Waals surface area contributed by atoms with Crippen molar-refractivity contribution >= 4 is 22.7 Å². The number of rotatable bonds is 5. The molecule has 4 aromatic rings. The summed E-state index contributed by atoms with van der Waals surface area (Å²) in [5.74, 6) is 1.25. The van der Waals surface area contributed by atoms with Crippen molar-refractivity contribution < 1.29 is 9.21 Å². The number of nitrogens with zero attached hydrogens (tertiary/aromatic N) is 2. The van der Waals surface area contributed by atoms with E-state index < -0.39 is 6.04 Å². The van der Waals surface area contributed by atoms with Gasteiger partial charge in [-0.05, 0) is 29.8 Å². The minimum absolute atomic E-state index is 0.181. The van der Waals surface area contributed by atoms with Crippen molar-refractivity contribution in [1.29, 1.82) is 0 Å². The fourth-order valence-electron chi connectivity index (χ4n) is 3.13. The average Bonchev–Trinajstić information content (AvgIpc) is 3.16. The highest BCUT2D eigenvalue weighted by Gasteiger charge is 2.22. The van der Waals surface area contributed by atoms with Gasteiger partial charge >= 0.3 is 0 Å². The summed E-state index contributed by atoms with van der Waals surface area (Å²) < 4.78 is 6.05. The minimum atomic E-state index is -0.392. The monoisotopic (exact) mass is 371 g/mol. The van der Waals surface area contributed by atoms with Crippen LogP contribution in [-0.4, -0.2) is 25.0 Å². The van der Waals surface area contributed by atoms with Gasteiger partial charge in [0.1, 0.15) is 23.2 Å². The van der Waals surface area contributed by atoms with E-state index in [2.05, 4.69) is 10.3 Å². The fraction of sp³-hybridized carbons (Fsp3) is 0.130. The highest BCUT2D eigenvalue weighted by Crippen LogP contribution is 2.28. The van der Waals surface area contributed by atoms with Crippen molar-refractivity contribution in [3.05, 3.63) is 95.9 Å². The fourth-order valence-corrected chi connectivity index (χ4v) is 3.13. The summed E-state index contributed by atoms with van der Waals surface area (Å²) >= 11 is 0. The first kappa shape index (κ1) is 17.8. The number of hydrogen-bond acceptors (Lipinski definition) is 4. The maximum Gasteiger partial charge on any atom is 0.252 e. The molecule has 1 atom stereocenters. The molecule has 28 heavy (non-hydrogen) atoms. The van der Waals surface area contributed by atoms with Gasteiger partial charge in [0, 0.05) is 31.2 Å². The molecule has 0 radical (unpaired) electrons. The van der Waals surface area contributed by atoms with Crippen LogP contribution in [0.25, 0.3) is 11.0 Å². The van der Waals surface area contributed by atoms with Crippen LogP contribution < -0.4 is 10.2 Å². The second-order valence-electron chi connectivity index (χ2n) is 6.80. The zero-order valence-electron chi connectivity index (χ0n) is 15.8. The topological polar surface area (TPSA) is 58.4 Å². The number of carbonyl (C=O) groups is 1. The van der Waals surface area contributed by atoms with E-state index in [0.717, 1.165) is 22.4 Å². The number of nitrogens with one attached hydrogen (secondary N) is 1. The van der Waals surface area contributed by atoms with Crippen LogP contribution in [0.2, 0.25) is 0 Å². The maximum absolute atomic E-state index is 13.0. The summed E-state index contributed by atoms with van der Waals surface area (Å²) in [5.41, 5.74) is 2.30. The molecule has 0 spiro atoms. The van der Waals surface area contributed by atoms with E-state index in [1.807, 2.05) is 79.7 Å². The van der Waals surface area contributed by atoms with Crippen molar-refractivity contribution in [2.24, 2.45) is 0 Å². The number of benzene rings is 2. The van der Waals surface area contributed by atoms with E-state index in [1.54, 1.807) is 18.3 Å². The molecule has 2 aromatic heterocycles. The lowest BCUT2D eigenvalue weighted by Crippen LogP contribution is -2.29. The molecule has 0 aliphatic carbocycles. The highest BCUT2D eigenvalue weighted by molar-refractivity contribution is 5.95. The van der Waals surface area contributed by atoms with E-state index in [4.69, 9.17) is 4.42 Å². The van der Waals surface area contributed by atoms with Gasteiger partial charge in [0.2, 0.25) is 0 Å². The van der Waals surface area contributed by atoms with E-state index in [-0.39, 0.29) is 5.91 Å². The molecule has 0 saturated carbocycles. The second kappa shape index (κ2) is 7.56. The largest absolute Gasteiger partial charge is 0.459 e. The molecular weight excluding hydrogens is 350 g/mol. The molecule has 1 unspecified atom stereocenters. The Balaban J connectivity index is 1.70. The van der Waals surface area contributed by atoms with Gasteiger partial charge in [-0.25, -0.2) is 4.98 Å². The molecule has 1 amide bonds. The van der Waals surface area contributed by atoms with Gasteiger partial charge in [0.25, 0.3) is 5.91 Å². The van der Waals surface area contributed by atoms with Crippen LogP contribution in [0.5, 0.6) is 0 Å². The number of amides is 1. The molecule has 0 bridgehead atoms. The van der Waals surface area contributed by atoms with Crippen molar-refractivity contribution in [2.45, 2.75) is 6.04 Å². The number of fused-ring (bicyclic) bond motifs is 1. The molecule has 0 saturated heterocycles. The van der Waals surface area contributed by atoms with E-state index in [0.29, 0.717) is 11.3 Å². The molecule has 5 heteroatoms. The van der Waals surface area contributed by atoms with Gasteiger partial charge in [0.15, 0.2) is 0 Å². The quantitative estimate of drug-likeness (QED) is 0.564. The Morgan fingerprint density at radius 1 is 1.00 bits per heavy atom. The van der Waals surface area contributed by atoms with Crippen molar-refractivity contribution in [3.8, 4) is 0 Å². The normalized spacial score (nSPS) is 11.9. The highest BCUT2D eigenvalue weighted by atomic mass is 16.3. The molecule has 5 nitrogen and oxygen atoms in total.